The summed E-state index contributed by atoms with van der Waals surface area (Å²) in [5.41, 5.74) is 6.29. The first kappa shape index (κ1) is 31.3. The SMILES string of the molecule is CCCCCCCCCCCCCC(N)CCCCCCCCCCC.O=[N+]([O-])O. The zero-order valence-electron chi connectivity index (χ0n) is 20.4. The molecule has 0 heterocycles. The van der Waals surface area contributed by atoms with E-state index in [-0.39, 0.29) is 0 Å². The molecule has 5 heteroatoms. The van der Waals surface area contributed by atoms with Crippen LogP contribution in [0.15, 0.2) is 0 Å². The number of unbranched alkanes of at least 4 members (excludes halogenated alkanes) is 18. The molecule has 0 aliphatic rings. The highest BCUT2D eigenvalue weighted by molar-refractivity contribution is 4.62. The molecule has 0 spiro atoms. The van der Waals surface area contributed by atoms with E-state index in [9.17, 15) is 0 Å². The van der Waals surface area contributed by atoms with Crippen LogP contribution in [0.4, 0.5) is 0 Å². The Morgan fingerprint density at radius 1 is 0.600 bits per heavy atom. The number of nitrogens with two attached hydrogens (primary N) is 1. The van der Waals surface area contributed by atoms with Crippen molar-refractivity contribution in [3.05, 3.63) is 10.1 Å². The molecule has 0 radical (unpaired) electrons. The lowest BCUT2D eigenvalue weighted by Crippen LogP contribution is -2.19. The zero-order valence-corrected chi connectivity index (χ0v) is 20.4. The van der Waals surface area contributed by atoms with Crippen molar-refractivity contribution in [1.29, 1.82) is 0 Å². The summed E-state index contributed by atoms with van der Waals surface area (Å²) in [4.78, 5) is 8.36. The molecule has 182 valence electrons. The highest BCUT2D eigenvalue weighted by Crippen LogP contribution is 2.15. The first-order valence-electron chi connectivity index (χ1n) is 13.1. The molecule has 0 aromatic carbocycles. The molecule has 5 nitrogen and oxygen atoms in total. The van der Waals surface area contributed by atoms with Crippen LogP contribution in [0.5, 0.6) is 0 Å². The molecule has 0 saturated carbocycles. The Bertz CT molecular complexity index is 324. The molecule has 1 atom stereocenters. The van der Waals surface area contributed by atoms with Gasteiger partial charge >= 0.3 is 0 Å². The van der Waals surface area contributed by atoms with E-state index >= 15 is 0 Å². The lowest BCUT2D eigenvalue weighted by atomic mass is 10.00. The van der Waals surface area contributed by atoms with E-state index in [0.29, 0.717) is 6.04 Å². The van der Waals surface area contributed by atoms with Gasteiger partial charge in [-0.2, -0.15) is 0 Å². The predicted molar refractivity (Wildman–Crippen MR) is 130 cm³/mol. The van der Waals surface area contributed by atoms with Gasteiger partial charge in [0.05, 0.1) is 0 Å². The number of rotatable bonds is 22. The molecule has 0 aromatic rings. The number of hydrogen-bond acceptors (Lipinski definition) is 3. The van der Waals surface area contributed by atoms with Gasteiger partial charge in [0.15, 0.2) is 0 Å². The standard InChI is InChI=1S/C25H53N.HNO3/c1-3-5-7-9-11-13-14-16-18-20-22-24-25(26)23-21-19-17-15-12-10-8-6-4-2;2-1(3)4/h25H,3-24,26H2,1-2H3;(H,2,3,4). The minimum Gasteiger partial charge on any atom is -0.328 e. The molecule has 0 aromatic heterocycles. The molecular weight excluding hydrogens is 376 g/mol. The first-order chi connectivity index (χ1) is 14.5. The van der Waals surface area contributed by atoms with Crippen LogP contribution in [0.3, 0.4) is 0 Å². The van der Waals surface area contributed by atoms with Crippen molar-refractivity contribution >= 4 is 0 Å². The van der Waals surface area contributed by atoms with Crippen LogP contribution in [-0.4, -0.2) is 16.3 Å². The summed E-state index contributed by atoms with van der Waals surface area (Å²) in [6.45, 7) is 4.59. The molecule has 0 aliphatic heterocycles. The van der Waals surface area contributed by atoms with Crippen molar-refractivity contribution in [1.82, 2.24) is 0 Å². The lowest BCUT2D eigenvalue weighted by Gasteiger charge is -2.11. The maximum Gasteiger partial charge on any atom is 0.291 e. The zero-order chi connectivity index (χ0) is 22.7. The summed E-state index contributed by atoms with van der Waals surface area (Å²) in [5.74, 6) is 0. The van der Waals surface area contributed by atoms with Crippen molar-refractivity contribution in [2.24, 2.45) is 5.73 Å². The topological polar surface area (TPSA) is 89.4 Å². The van der Waals surface area contributed by atoms with Crippen LogP contribution in [0.25, 0.3) is 0 Å². The van der Waals surface area contributed by atoms with Crippen LogP contribution in [0.1, 0.15) is 155 Å². The summed E-state index contributed by atoms with van der Waals surface area (Å²) < 4.78 is 0. The van der Waals surface area contributed by atoms with E-state index in [2.05, 4.69) is 13.8 Å². The van der Waals surface area contributed by atoms with E-state index < -0.39 is 5.09 Å². The van der Waals surface area contributed by atoms with E-state index in [4.69, 9.17) is 21.1 Å². The molecule has 0 saturated heterocycles. The third-order valence-electron chi connectivity index (χ3n) is 5.86. The van der Waals surface area contributed by atoms with Crippen LogP contribution in [0, 0.1) is 10.1 Å². The van der Waals surface area contributed by atoms with Gasteiger partial charge in [0.25, 0.3) is 5.09 Å². The largest absolute Gasteiger partial charge is 0.328 e. The normalized spacial score (nSPS) is 11.7. The summed E-state index contributed by atoms with van der Waals surface area (Å²) in [7, 11) is 0. The summed E-state index contributed by atoms with van der Waals surface area (Å²) in [6, 6.07) is 0.470. The Balaban J connectivity index is 0. The van der Waals surface area contributed by atoms with Gasteiger partial charge in [0.2, 0.25) is 0 Å². The Morgan fingerprint density at radius 3 is 1.03 bits per heavy atom. The van der Waals surface area contributed by atoms with Crippen molar-refractivity contribution in [2.45, 2.75) is 161 Å². The van der Waals surface area contributed by atoms with Gasteiger partial charge in [-0.15, -0.1) is 10.1 Å². The Labute approximate surface area is 187 Å². The molecule has 1 unspecified atom stereocenters. The van der Waals surface area contributed by atoms with Crippen molar-refractivity contribution < 1.29 is 10.3 Å². The second kappa shape index (κ2) is 28.2. The van der Waals surface area contributed by atoms with E-state index in [0.717, 1.165) is 0 Å². The van der Waals surface area contributed by atoms with Gasteiger partial charge in [0.1, 0.15) is 0 Å². The third kappa shape index (κ3) is 34.7. The highest BCUT2D eigenvalue weighted by Gasteiger charge is 2.02. The summed E-state index contributed by atoms with van der Waals surface area (Å²) >= 11 is 0. The quantitative estimate of drug-likeness (QED) is 0.102. The van der Waals surface area contributed by atoms with Crippen LogP contribution >= 0.6 is 0 Å². The second-order valence-electron chi connectivity index (χ2n) is 8.94. The smallest absolute Gasteiger partial charge is 0.291 e. The monoisotopic (exact) mass is 430 g/mol. The average Bonchev–Trinajstić information content (AvgIpc) is 2.70. The highest BCUT2D eigenvalue weighted by atomic mass is 16.9. The first-order valence-corrected chi connectivity index (χ1v) is 13.1. The maximum absolute atomic E-state index is 8.36. The van der Waals surface area contributed by atoms with E-state index in [1.807, 2.05) is 0 Å². The Morgan fingerprint density at radius 2 is 0.800 bits per heavy atom. The van der Waals surface area contributed by atoms with Crippen molar-refractivity contribution in [3.8, 4) is 0 Å². The van der Waals surface area contributed by atoms with Gasteiger partial charge in [-0.1, -0.05) is 142 Å². The fourth-order valence-corrected chi connectivity index (χ4v) is 3.93. The molecule has 3 N–H and O–H groups in total. The summed E-state index contributed by atoms with van der Waals surface area (Å²) in [5, 5.41) is 13.6. The second-order valence-corrected chi connectivity index (χ2v) is 8.94. The van der Waals surface area contributed by atoms with E-state index in [1.165, 1.54) is 141 Å². The third-order valence-corrected chi connectivity index (χ3v) is 5.86. The van der Waals surface area contributed by atoms with Crippen molar-refractivity contribution in [3.63, 3.8) is 0 Å². The van der Waals surface area contributed by atoms with Gasteiger partial charge in [-0.25, -0.2) is 0 Å². The molecule has 30 heavy (non-hydrogen) atoms. The minimum absolute atomic E-state index is 0.470. The average molecular weight is 431 g/mol. The van der Waals surface area contributed by atoms with Crippen molar-refractivity contribution in [2.75, 3.05) is 0 Å². The Kier molecular flexibility index (Phi) is 29.4. The Hall–Kier alpha value is -0.840. The van der Waals surface area contributed by atoms with Crippen LogP contribution < -0.4 is 5.73 Å². The number of hydrogen-bond donors (Lipinski definition) is 2. The number of nitrogens with zero attached hydrogens (tertiary/aromatic N) is 1. The van der Waals surface area contributed by atoms with Gasteiger partial charge in [-0.05, 0) is 12.8 Å². The van der Waals surface area contributed by atoms with E-state index in [1.54, 1.807) is 0 Å². The molecule has 0 fully saturated rings. The molecule has 0 bridgehead atoms. The maximum atomic E-state index is 8.36. The predicted octanol–water partition coefficient (Wildman–Crippen LogP) is 8.59. The van der Waals surface area contributed by atoms with Gasteiger partial charge in [0, 0.05) is 6.04 Å². The minimum atomic E-state index is -1.50. The fourth-order valence-electron chi connectivity index (χ4n) is 3.93. The lowest BCUT2D eigenvalue weighted by molar-refractivity contribution is -0.742. The van der Waals surface area contributed by atoms with Crippen LogP contribution in [0.2, 0.25) is 0 Å². The summed E-state index contributed by atoms with van der Waals surface area (Å²) in [6.07, 6.45) is 31.0. The van der Waals surface area contributed by atoms with Crippen LogP contribution in [-0.2, 0) is 0 Å². The molecule has 0 aliphatic carbocycles. The molecule has 0 rings (SSSR count). The van der Waals surface area contributed by atoms with Gasteiger partial charge < -0.3 is 10.9 Å². The molecule has 0 amide bonds. The fraction of sp³-hybridized carbons (Fsp3) is 1.00. The van der Waals surface area contributed by atoms with Gasteiger partial charge in [-0.3, -0.25) is 0 Å². The molecular formula is C25H54N2O3.